The number of rotatable bonds is 5. The van der Waals surface area contributed by atoms with Crippen molar-refractivity contribution in [1.82, 2.24) is 14.6 Å². The molecule has 0 spiro atoms. The molecule has 0 bridgehead atoms. The summed E-state index contributed by atoms with van der Waals surface area (Å²) in [5.41, 5.74) is 0.859. The Morgan fingerprint density at radius 2 is 2.16 bits per heavy atom. The molecule has 0 aromatic carbocycles. The molecule has 1 N–H and O–H groups in total. The summed E-state index contributed by atoms with van der Waals surface area (Å²) in [6.07, 6.45) is 10.6. The third-order valence-electron chi connectivity index (χ3n) is 3.57. The summed E-state index contributed by atoms with van der Waals surface area (Å²) in [5, 5.41) is 7.41. The number of ether oxygens (including phenoxy) is 1. The van der Waals surface area contributed by atoms with Gasteiger partial charge in [0.1, 0.15) is 5.82 Å². The molecule has 2 aromatic rings. The maximum Gasteiger partial charge on any atom is 0.157 e. The van der Waals surface area contributed by atoms with Crippen molar-refractivity contribution in [1.29, 1.82) is 0 Å². The summed E-state index contributed by atoms with van der Waals surface area (Å²) in [6.45, 7) is 1.55. The number of hydrogen-bond acceptors (Lipinski definition) is 4. The molecule has 5 nitrogen and oxygen atoms in total. The first kappa shape index (κ1) is 12.4. The van der Waals surface area contributed by atoms with Crippen molar-refractivity contribution in [3.8, 4) is 0 Å². The minimum atomic E-state index is 0.473. The fourth-order valence-electron chi connectivity index (χ4n) is 2.55. The molecule has 2 heterocycles. The summed E-state index contributed by atoms with van der Waals surface area (Å²) < 4.78 is 7.62. The Morgan fingerprint density at radius 3 is 3.05 bits per heavy atom. The van der Waals surface area contributed by atoms with Crippen LogP contribution in [0.15, 0.2) is 24.5 Å². The monoisotopic (exact) mass is 260 g/mol. The van der Waals surface area contributed by atoms with E-state index in [0.29, 0.717) is 6.10 Å². The lowest BCUT2D eigenvalue weighted by atomic mass is 9.98. The van der Waals surface area contributed by atoms with Crippen LogP contribution < -0.4 is 5.32 Å². The van der Waals surface area contributed by atoms with Crippen LogP contribution in [0.5, 0.6) is 0 Å². The van der Waals surface area contributed by atoms with Gasteiger partial charge >= 0.3 is 0 Å². The van der Waals surface area contributed by atoms with Gasteiger partial charge in [-0.3, -0.25) is 0 Å². The van der Waals surface area contributed by atoms with Gasteiger partial charge < -0.3 is 10.1 Å². The van der Waals surface area contributed by atoms with Gasteiger partial charge in [0.05, 0.1) is 18.9 Å². The Kier molecular flexibility index (Phi) is 3.93. The average Bonchev–Trinajstić information content (AvgIpc) is 2.92. The summed E-state index contributed by atoms with van der Waals surface area (Å²) in [5.74, 6) is 0.875. The van der Waals surface area contributed by atoms with Gasteiger partial charge in [0, 0.05) is 18.8 Å². The molecule has 0 aliphatic heterocycles. The Bertz CT molecular complexity index is 519. The van der Waals surface area contributed by atoms with Gasteiger partial charge in [-0.2, -0.15) is 5.10 Å². The molecule has 0 amide bonds. The van der Waals surface area contributed by atoms with Crippen molar-refractivity contribution in [3.05, 3.63) is 24.5 Å². The highest BCUT2D eigenvalue weighted by Gasteiger charge is 2.12. The molecule has 0 radical (unpaired) electrons. The summed E-state index contributed by atoms with van der Waals surface area (Å²) in [6, 6.07) is 3.82. The normalized spacial score (nSPS) is 16.8. The number of anilines is 1. The number of nitrogens with one attached hydrogen (secondary N) is 1. The van der Waals surface area contributed by atoms with E-state index in [0.717, 1.165) is 24.6 Å². The van der Waals surface area contributed by atoms with Crippen LogP contribution in [0, 0.1) is 0 Å². The van der Waals surface area contributed by atoms with Crippen LogP contribution in [0.2, 0.25) is 0 Å². The topological polar surface area (TPSA) is 51.5 Å². The molecule has 0 unspecified atom stereocenters. The van der Waals surface area contributed by atoms with E-state index in [1.807, 2.05) is 18.3 Å². The predicted octanol–water partition coefficient (Wildman–Crippen LogP) is 2.49. The number of aromatic nitrogens is 3. The van der Waals surface area contributed by atoms with E-state index in [1.165, 1.54) is 32.1 Å². The van der Waals surface area contributed by atoms with Crippen LogP contribution in [0.3, 0.4) is 0 Å². The zero-order chi connectivity index (χ0) is 12.9. The minimum absolute atomic E-state index is 0.473. The second-order valence-corrected chi connectivity index (χ2v) is 5.00. The van der Waals surface area contributed by atoms with E-state index in [1.54, 1.807) is 10.7 Å². The second-order valence-electron chi connectivity index (χ2n) is 5.00. The van der Waals surface area contributed by atoms with Gasteiger partial charge in [-0.1, -0.05) is 19.3 Å². The molecular formula is C14H20N4O. The van der Waals surface area contributed by atoms with Gasteiger partial charge in [-0.15, -0.1) is 0 Å². The first-order valence-corrected chi connectivity index (χ1v) is 7.08. The predicted molar refractivity (Wildman–Crippen MR) is 74.3 cm³/mol. The Balaban J connectivity index is 1.43. The average molecular weight is 260 g/mol. The van der Waals surface area contributed by atoms with Crippen molar-refractivity contribution in [2.75, 3.05) is 18.5 Å². The van der Waals surface area contributed by atoms with E-state index in [2.05, 4.69) is 15.4 Å². The number of fused-ring (bicyclic) bond motifs is 1. The van der Waals surface area contributed by atoms with Crippen molar-refractivity contribution in [3.63, 3.8) is 0 Å². The molecule has 5 heteroatoms. The smallest absolute Gasteiger partial charge is 0.157 e. The second kappa shape index (κ2) is 6.02. The fourth-order valence-corrected chi connectivity index (χ4v) is 2.55. The Labute approximate surface area is 113 Å². The van der Waals surface area contributed by atoms with Crippen LogP contribution >= 0.6 is 0 Å². The van der Waals surface area contributed by atoms with Crippen LogP contribution in [0.25, 0.3) is 5.65 Å². The highest BCUT2D eigenvalue weighted by atomic mass is 16.5. The summed E-state index contributed by atoms with van der Waals surface area (Å²) >= 11 is 0. The first-order valence-electron chi connectivity index (χ1n) is 7.08. The third-order valence-corrected chi connectivity index (χ3v) is 3.57. The van der Waals surface area contributed by atoms with Gasteiger partial charge in [0.2, 0.25) is 0 Å². The highest BCUT2D eigenvalue weighted by molar-refractivity contribution is 5.45. The maximum atomic E-state index is 5.87. The SMILES string of the molecule is c1cc2nc(NCCOC3CCCCC3)ccn2n1. The minimum Gasteiger partial charge on any atom is -0.376 e. The zero-order valence-electron chi connectivity index (χ0n) is 11.1. The van der Waals surface area contributed by atoms with E-state index in [9.17, 15) is 0 Å². The van der Waals surface area contributed by atoms with Crippen LogP contribution in [-0.4, -0.2) is 33.9 Å². The van der Waals surface area contributed by atoms with Crippen LogP contribution in [0.4, 0.5) is 5.82 Å². The summed E-state index contributed by atoms with van der Waals surface area (Å²) in [4.78, 5) is 4.45. The van der Waals surface area contributed by atoms with E-state index >= 15 is 0 Å². The van der Waals surface area contributed by atoms with Crippen molar-refractivity contribution >= 4 is 11.5 Å². The lowest BCUT2D eigenvalue weighted by Crippen LogP contribution is -2.20. The molecular weight excluding hydrogens is 240 g/mol. The largest absolute Gasteiger partial charge is 0.376 e. The molecule has 1 saturated carbocycles. The Hall–Kier alpha value is -1.62. The molecule has 102 valence electrons. The van der Waals surface area contributed by atoms with Crippen molar-refractivity contribution in [2.24, 2.45) is 0 Å². The Morgan fingerprint density at radius 1 is 1.26 bits per heavy atom. The highest BCUT2D eigenvalue weighted by Crippen LogP contribution is 2.19. The van der Waals surface area contributed by atoms with Gasteiger partial charge in [-0.25, -0.2) is 9.50 Å². The quantitative estimate of drug-likeness (QED) is 0.839. The van der Waals surface area contributed by atoms with Gasteiger partial charge in [0.15, 0.2) is 5.65 Å². The van der Waals surface area contributed by atoms with Crippen LogP contribution in [-0.2, 0) is 4.74 Å². The first-order chi connectivity index (χ1) is 9.42. The van der Waals surface area contributed by atoms with E-state index in [4.69, 9.17) is 4.74 Å². The van der Waals surface area contributed by atoms with Gasteiger partial charge in [0.25, 0.3) is 0 Å². The lowest BCUT2D eigenvalue weighted by Gasteiger charge is -2.22. The molecule has 0 atom stereocenters. The standard InChI is InChI=1S/C14H20N4O/c1-2-4-12(5-3-1)19-11-9-15-13-7-10-18-14(17-13)6-8-16-18/h6-8,10,12H,1-5,9,11H2,(H,15,17). The van der Waals surface area contributed by atoms with Gasteiger partial charge in [-0.05, 0) is 18.9 Å². The molecule has 0 saturated heterocycles. The molecule has 2 aromatic heterocycles. The molecule has 1 aliphatic rings. The maximum absolute atomic E-state index is 5.87. The molecule has 3 rings (SSSR count). The lowest BCUT2D eigenvalue weighted by molar-refractivity contribution is 0.0347. The third kappa shape index (κ3) is 3.23. The van der Waals surface area contributed by atoms with E-state index in [-0.39, 0.29) is 0 Å². The van der Waals surface area contributed by atoms with E-state index < -0.39 is 0 Å². The molecule has 19 heavy (non-hydrogen) atoms. The van der Waals surface area contributed by atoms with Crippen LogP contribution in [0.1, 0.15) is 32.1 Å². The van der Waals surface area contributed by atoms with Crippen molar-refractivity contribution in [2.45, 2.75) is 38.2 Å². The number of nitrogens with zero attached hydrogens (tertiary/aromatic N) is 3. The molecule has 1 aliphatic carbocycles. The fraction of sp³-hybridized carbons (Fsp3) is 0.571. The zero-order valence-corrected chi connectivity index (χ0v) is 11.1. The number of hydrogen-bond donors (Lipinski definition) is 1. The molecule has 1 fully saturated rings. The summed E-state index contributed by atoms with van der Waals surface area (Å²) in [7, 11) is 0. The van der Waals surface area contributed by atoms with Crippen molar-refractivity contribution < 1.29 is 4.74 Å².